The van der Waals surface area contributed by atoms with Crippen LogP contribution in [0.25, 0.3) is 0 Å². The molecule has 0 saturated carbocycles. The van der Waals surface area contributed by atoms with Gasteiger partial charge < -0.3 is 5.11 Å². The van der Waals surface area contributed by atoms with Crippen molar-refractivity contribution in [2.75, 3.05) is 12.3 Å². The Bertz CT molecular complexity index is 566. The number of benzene rings is 1. The van der Waals surface area contributed by atoms with E-state index in [4.69, 9.17) is 5.11 Å². The Morgan fingerprint density at radius 1 is 1.32 bits per heavy atom. The van der Waals surface area contributed by atoms with Crippen LogP contribution in [-0.4, -0.2) is 36.7 Å². The predicted molar refractivity (Wildman–Crippen MR) is 66.2 cm³/mol. The summed E-state index contributed by atoms with van der Waals surface area (Å²) in [7, 11) is -3.67. The molecule has 0 spiro atoms. The smallest absolute Gasteiger partial charge is 0.318 e. The number of carbonyl (C=O) groups is 1. The van der Waals surface area contributed by atoms with Crippen LogP contribution >= 0.6 is 0 Å². The first-order chi connectivity index (χ1) is 8.80. The predicted octanol–water partition coefficient (Wildman–Crippen LogP) is 0.141. The molecule has 1 rings (SSSR count). The lowest BCUT2D eigenvalue weighted by Gasteiger charge is -2.04. The van der Waals surface area contributed by atoms with Crippen molar-refractivity contribution in [2.24, 2.45) is 0 Å². The first-order valence-electron chi connectivity index (χ1n) is 5.22. The monoisotopic (exact) mass is 288 g/mol. The number of hydrogen-bond acceptors (Lipinski definition) is 5. The van der Waals surface area contributed by atoms with Crippen molar-refractivity contribution >= 4 is 21.7 Å². The number of sulfonamides is 1. The van der Waals surface area contributed by atoms with Gasteiger partial charge in [-0.25, -0.2) is 13.1 Å². The van der Waals surface area contributed by atoms with Crippen molar-refractivity contribution < 1.29 is 23.2 Å². The Morgan fingerprint density at radius 3 is 2.37 bits per heavy atom. The Kier molecular flexibility index (Phi) is 4.95. The lowest BCUT2D eigenvalue weighted by atomic mass is 10.1. The molecule has 8 nitrogen and oxygen atoms in total. The van der Waals surface area contributed by atoms with Crippen molar-refractivity contribution in [2.45, 2.75) is 6.42 Å². The second-order valence-corrected chi connectivity index (χ2v) is 5.63. The quantitative estimate of drug-likeness (QED) is 0.543. The van der Waals surface area contributed by atoms with Gasteiger partial charge in [-0.3, -0.25) is 14.9 Å². The number of nitrogens with zero attached hydrogens (tertiary/aromatic N) is 1. The number of hydrogen-bond donors (Lipinski definition) is 2. The van der Waals surface area contributed by atoms with Crippen LogP contribution in [0.2, 0.25) is 0 Å². The second kappa shape index (κ2) is 6.25. The second-order valence-electron chi connectivity index (χ2n) is 3.71. The number of non-ortho nitro benzene ring substituents is 1. The van der Waals surface area contributed by atoms with Crippen LogP contribution in [0.15, 0.2) is 24.3 Å². The van der Waals surface area contributed by atoms with Crippen molar-refractivity contribution in [3.8, 4) is 0 Å². The molecule has 0 amide bonds. The lowest BCUT2D eigenvalue weighted by molar-refractivity contribution is -0.384. The van der Waals surface area contributed by atoms with E-state index in [2.05, 4.69) is 0 Å². The standard InChI is InChI=1S/C10H12N2O6S/c13-10(14)7-11-19(17,18)6-5-8-1-3-9(4-2-8)12(15)16/h1-4,11H,5-7H2,(H,13,14). The number of aryl methyl sites for hydroxylation is 1. The van der Waals surface area contributed by atoms with E-state index in [-0.39, 0.29) is 17.9 Å². The molecule has 0 saturated heterocycles. The topological polar surface area (TPSA) is 127 Å². The zero-order valence-corrected chi connectivity index (χ0v) is 10.6. The Morgan fingerprint density at radius 2 is 1.89 bits per heavy atom. The molecule has 0 bridgehead atoms. The SMILES string of the molecule is O=C(O)CNS(=O)(=O)CCc1ccc([N+](=O)[O-])cc1. The molecular weight excluding hydrogens is 276 g/mol. The maximum Gasteiger partial charge on any atom is 0.318 e. The van der Waals surface area contributed by atoms with E-state index in [1.54, 1.807) is 0 Å². The van der Waals surface area contributed by atoms with Gasteiger partial charge in [0.2, 0.25) is 10.0 Å². The Balaban J connectivity index is 2.56. The van der Waals surface area contributed by atoms with E-state index in [1.807, 2.05) is 4.72 Å². The fourth-order valence-corrected chi connectivity index (χ4v) is 2.27. The molecule has 0 aliphatic rings. The maximum atomic E-state index is 11.4. The van der Waals surface area contributed by atoms with Crippen LogP contribution < -0.4 is 4.72 Å². The number of carboxylic acid groups (broad SMARTS) is 1. The van der Waals surface area contributed by atoms with E-state index >= 15 is 0 Å². The summed E-state index contributed by atoms with van der Waals surface area (Å²) in [4.78, 5) is 20.1. The van der Waals surface area contributed by atoms with Gasteiger partial charge in [0.05, 0.1) is 10.7 Å². The minimum Gasteiger partial charge on any atom is -0.480 e. The van der Waals surface area contributed by atoms with Crippen LogP contribution in [0.3, 0.4) is 0 Å². The molecule has 0 aliphatic heterocycles. The van der Waals surface area contributed by atoms with Gasteiger partial charge >= 0.3 is 5.97 Å². The molecule has 0 fully saturated rings. The Labute approximate surface area is 109 Å². The van der Waals surface area contributed by atoms with Crippen LogP contribution in [0, 0.1) is 10.1 Å². The number of nitro groups is 1. The molecule has 0 radical (unpaired) electrons. The third kappa shape index (κ3) is 5.44. The molecule has 1 aromatic rings. The number of nitro benzene ring substituents is 1. The molecule has 0 heterocycles. The molecule has 0 aromatic heterocycles. The first kappa shape index (κ1) is 15.1. The van der Waals surface area contributed by atoms with Gasteiger partial charge in [0.25, 0.3) is 5.69 Å². The molecule has 0 atom stereocenters. The molecule has 104 valence electrons. The summed E-state index contributed by atoms with van der Waals surface area (Å²) in [6.45, 7) is -0.664. The molecule has 0 aliphatic carbocycles. The van der Waals surface area contributed by atoms with Crippen molar-refractivity contribution in [3.63, 3.8) is 0 Å². The van der Waals surface area contributed by atoms with Gasteiger partial charge in [-0.1, -0.05) is 12.1 Å². The third-order valence-electron chi connectivity index (χ3n) is 2.25. The van der Waals surface area contributed by atoms with E-state index < -0.39 is 27.5 Å². The molecule has 9 heteroatoms. The molecular formula is C10H12N2O6S. The van der Waals surface area contributed by atoms with Crippen LogP contribution in [0.5, 0.6) is 0 Å². The fourth-order valence-electron chi connectivity index (χ4n) is 1.28. The highest BCUT2D eigenvalue weighted by atomic mass is 32.2. The van der Waals surface area contributed by atoms with Gasteiger partial charge in [-0.05, 0) is 12.0 Å². The van der Waals surface area contributed by atoms with Gasteiger partial charge in [0.1, 0.15) is 6.54 Å². The maximum absolute atomic E-state index is 11.4. The largest absolute Gasteiger partial charge is 0.480 e. The van der Waals surface area contributed by atoms with Crippen molar-refractivity contribution in [1.29, 1.82) is 0 Å². The number of carboxylic acids is 1. The van der Waals surface area contributed by atoms with Crippen LogP contribution in [-0.2, 0) is 21.2 Å². The zero-order chi connectivity index (χ0) is 14.5. The minimum atomic E-state index is -3.67. The fraction of sp³-hybridized carbons (Fsp3) is 0.300. The summed E-state index contributed by atoms with van der Waals surface area (Å²) in [6, 6.07) is 5.49. The minimum absolute atomic E-state index is 0.0735. The summed E-state index contributed by atoms with van der Waals surface area (Å²) in [5.41, 5.74) is 0.543. The molecule has 1 aromatic carbocycles. The number of rotatable bonds is 7. The highest BCUT2D eigenvalue weighted by molar-refractivity contribution is 7.89. The van der Waals surface area contributed by atoms with Gasteiger partial charge in [0, 0.05) is 12.1 Å². The zero-order valence-electron chi connectivity index (χ0n) is 9.77. The van der Waals surface area contributed by atoms with Crippen LogP contribution in [0.1, 0.15) is 5.56 Å². The normalized spacial score (nSPS) is 11.2. The van der Waals surface area contributed by atoms with Crippen LogP contribution in [0.4, 0.5) is 5.69 Å². The summed E-state index contributed by atoms with van der Waals surface area (Å²) < 4.78 is 24.7. The molecule has 19 heavy (non-hydrogen) atoms. The van der Waals surface area contributed by atoms with Gasteiger partial charge in [-0.2, -0.15) is 0 Å². The molecule has 2 N–H and O–H groups in total. The van der Waals surface area contributed by atoms with E-state index in [0.717, 1.165) is 0 Å². The first-order valence-corrected chi connectivity index (χ1v) is 6.88. The highest BCUT2D eigenvalue weighted by Crippen LogP contribution is 2.12. The summed E-state index contributed by atoms with van der Waals surface area (Å²) in [5, 5.41) is 18.8. The summed E-state index contributed by atoms with van der Waals surface area (Å²) >= 11 is 0. The number of aliphatic carboxylic acids is 1. The summed E-state index contributed by atoms with van der Waals surface area (Å²) in [6.07, 6.45) is 0.146. The average Bonchev–Trinajstić information content (AvgIpc) is 2.35. The average molecular weight is 288 g/mol. The van der Waals surface area contributed by atoms with Gasteiger partial charge in [0.15, 0.2) is 0 Å². The highest BCUT2D eigenvalue weighted by Gasteiger charge is 2.12. The van der Waals surface area contributed by atoms with E-state index in [0.29, 0.717) is 5.56 Å². The van der Waals surface area contributed by atoms with Crippen molar-refractivity contribution in [3.05, 3.63) is 39.9 Å². The lowest BCUT2D eigenvalue weighted by Crippen LogP contribution is -2.31. The Hall–Kier alpha value is -2.00. The van der Waals surface area contributed by atoms with E-state index in [1.165, 1.54) is 24.3 Å². The third-order valence-corrected chi connectivity index (χ3v) is 3.58. The van der Waals surface area contributed by atoms with Crippen molar-refractivity contribution in [1.82, 2.24) is 4.72 Å². The number of nitrogens with one attached hydrogen (secondary N) is 1. The molecule has 0 unspecified atom stereocenters. The van der Waals surface area contributed by atoms with Gasteiger partial charge in [-0.15, -0.1) is 0 Å². The summed E-state index contributed by atoms with van der Waals surface area (Å²) in [5.74, 6) is -1.54. The van der Waals surface area contributed by atoms with E-state index in [9.17, 15) is 23.3 Å².